The normalized spacial score (nSPS) is 10.7. The molecule has 0 bridgehead atoms. The highest BCUT2D eigenvalue weighted by atomic mass is 79.9. The number of halogens is 2. The molecule has 0 aliphatic carbocycles. The van der Waals surface area contributed by atoms with Gasteiger partial charge in [0.25, 0.3) is 0 Å². The van der Waals surface area contributed by atoms with Crippen LogP contribution in [0.25, 0.3) is 10.9 Å². The number of rotatable bonds is 2. The quantitative estimate of drug-likeness (QED) is 0.728. The minimum atomic E-state index is -0.327. The van der Waals surface area contributed by atoms with E-state index in [1.165, 1.54) is 6.07 Å². The third-order valence-electron chi connectivity index (χ3n) is 2.99. The molecular weight excluding hydrogens is 321 g/mol. The number of nitrogen functional groups attached to an aromatic ring is 1. The summed E-state index contributed by atoms with van der Waals surface area (Å²) in [6, 6.07) is 12.5. The average molecular weight is 332 g/mol. The Kier molecular flexibility index (Phi) is 3.28. The molecule has 0 aliphatic heterocycles. The first-order valence-corrected chi connectivity index (χ1v) is 6.80. The molecule has 0 amide bonds. The van der Waals surface area contributed by atoms with E-state index < -0.39 is 0 Å². The van der Waals surface area contributed by atoms with Crippen LogP contribution in [0.1, 0.15) is 0 Å². The lowest BCUT2D eigenvalue weighted by Crippen LogP contribution is -1.99. The molecule has 0 fully saturated rings. The molecule has 3 aromatic rings. The predicted octanol–water partition coefficient (Wildman–Crippen LogP) is 4.46. The molecule has 2 aromatic carbocycles. The van der Waals surface area contributed by atoms with Crippen molar-refractivity contribution in [2.45, 2.75) is 0 Å². The number of nitrogens with zero attached hydrogens (tertiary/aromatic N) is 1. The van der Waals surface area contributed by atoms with Crippen molar-refractivity contribution < 1.29 is 4.39 Å². The first kappa shape index (κ1) is 12.9. The lowest BCUT2D eigenvalue weighted by molar-refractivity contribution is 0.622. The second kappa shape index (κ2) is 5.09. The number of aromatic nitrogens is 1. The van der Waals surface area contributed by atoms with Gasteiger partial charge in [0.05, 0.1) is 27.6 Å². The SMILES string of the molecule is Nc1cnc2ccccc2c1Nc1ccc(Br)c(F)c1. The van der Waals surface area contributed by atoms with Crippen molar-refractivity contribution in [3.05, 3.63) is 59.0 Å². The van der Waals surface area contributed by atoms with Crippen LogP contribution in [0.15, 0.2) is 53.1 Å². The second-order valence-corrected chi connectivity index (χ2v) is 5.21. The molecule has 3 N–H and O–H groups in total. The molecule has 3 nitrogen and oxygen atoms in total. The van der Waals surface area contributed by atoms with Crippen LogP contribution in [0.5, 0.6) is 0 Å². The number of pyridine rings is 1. The Morgan fingerprint density at radius 3 is 2.75 bits per heavy atom. The van der Waals surface area contributed by atoms with Crippen molar-refractivity contribution in [2.75, 3.05) is 11.1 Å². The summed E-state index contributed by atoms with van der Waals surface area (Å²) in [4.78, 5) is 4.27. The summed E-state index contributed by atoms with van der Waals surface area (Å²) in [5, 5.41) is 4.06. The Balaban J connectivity index is 2.10. The molecule has 0 aliphatic rings. The van der Waals surface area contributed by atoms with E-state index in [2.05, 4.69) is 26.2 Å². The van der Waals surface area contributed by atoms with Crippen LogP contribution < -0.4 is 11.1 Å². The molecule has 0 saturated heterocycles. The Hall–Kier alpha value is -2.14. The third kappa shape index (κ3) is 2.32. The Morgan fingerprint density at radius 1 is 1.15 bits per heavy atom. The van der Waals surface area contributed by atoms with Crippen LogP contribution in [-0.4, -0.2) is 4.98 Å². The Labute approximate surface area is 123 Å². The largest absolute Gasteiger partial charge is 0.396 e. The fourth-order valence-corrected chi connectivity index (χ4v) is 2.26. The van der Waals surface area contributed by atoms with E-state index in [1.54, 1.807) is 18.3 Å². The van der Waals surface area contributed by atoms with Gasteiger partial charge in [-0.3, -0.25) is 4.98 Å². The standard InChI is InChI=1S/C15H11BrFN3/c16-11-6-5-9(7-12(11)17)20-15-10-3-1-2-4-14(10)19-8-13(15)18/h1-8H,18H2,(H,19,20). The Bertz CT molecular complexity index is 789. The number of hydrogen-bond donors (Lipinski definition) is 2. The van der Waals surface area contributed by atoms with Crippen molar-refractivity contribution in [3.63, 3.8) is 0 Å². The number of nitrogens with one attached hydrogen (secondary N) is 1. The van der Waals surface area contributed by atoms with Gasteiger partial charge in [0.1, 0.15) is 5.82 Å². The fourth-order valence-electron chi connectivity index (χ4n) is 2.01. The van der Waals surface area contributed by atoms with E-state index in [0.717, 1.165) is 16.6 Å². The van der Waals surface area contributed by atoms with E-state index in [1.807, 2.05) is 24.3 Å². The Morgan fingerprint density at radius 2 is 1.95 bits per heavy atom. The lowest BCUT2D eigenvalue weighted by atomic mass is 10.1. The molecule has 0 unspecified atom stereocenters. The zero-order chi connectivity index (χ0) is 14.1. The zero-order valence-corrected chi connectivity index (χ0v) is 12.0. The van der Waals surface area contributed by atoms with Crippen molar-refractivity contribution >= 4 is 43.9 Å². The summed E-state index contributed by atoms with van der Waals surface area (Å²) in [5.74, 6) is -0.327. The van der Waals surface area contributed by atoms with Gasteiger partial charge >= 0.3 is 0 Å². The van der Waals surface area contributed by atoms with E-state index in [4.69, 9.17) is 5.73 Å². The molecule has 3 rings (SSSR count). The van der Waals surface area contributed by atoms with Gasteiger partial charge in [-0.15, -0.1) is 0 Å². The highest BCUT2D eigenvalue weighted by molar-refractivity contribution is 9.10. The summed E-state index contributed by atoms with van der Waals surface area (Å²) in [6.07, 6.45) is 1.60. The van der Waals surface area contributed by atoms with E-state index in [9.17, 15) is 4.39 Å². The minimum Gasteiger partial charge on any atom is -0.396 e. The molecule has 20 heavy (non-hydrogen) atoms. The van der Waals surface area contributed by atoms with Gasteiger partial charge < -0.3 is 11.1 Å². The lowest BCUT2D eigenvalue weighted by Gasteiger charge is -2.12. The van der Waals surface area contributed by atoms with Crippen molar-refractivity contribution in [2.24, 2.45) is 0 Å². The summed E-state index contributed by atoms with van der Waals surface area (Å²) < 4.78 is 14.0. The third-order valence-corrected chi connectivity index (χ3v) is 3.64. The van der Waals surface area contributed by atoms with E-state index >= 15 is 0 Å². The smallest absolute Gasteiger partial charge is 0.139 e. The second-order valence-electron chi connectivity index (χ2n) is 4.36. The molecular formula is C15H11BrFN3. The maximum atomic E-state index is 13.6. The predicted molar refractivity (Wildman–Crippen MR) is 83.5 cm³/mol. The fraction of sp³-hybridized carbons (Fsp3) is 0. The molecule has 1 aromatic heterocycles. The first-order valence-electron chi connectivity index (χ1n) is 6.00. The maximum Gasteiger partial charge on any atom is 0.139 e. The number of anilines is 3. The van der Waals surface area contributed by atoms with Gasteiger partial charge in [-0.25, -0.2) is 4.39 Å². The van der Waals surface area contributed by atoms with Crippen molar-refractivity contribution in [3.8, 4) is 0 Å². The maximum absolute atomic E-state index is 13.6. The number of benzene rings is 2. The average Bonchev–Trinajstić information content (AvgIpc) is 2.46. The number of fused-ring (bicyclic) bond motifs is 1. The highest BCUT2D eigenvalue weighted by Gasteiger charge is 2.08. The van der Waals surface area contributed by atoms with Gasteiger partial charge in [-0.2, -0.15) is 0 Å². The van der Waals surface area contributed by atoms with Crippen LogP contribution in [0.4, 0.5) is 21.5 Å². The molecule has 0 spiro atoms. The molecule has 100 valence electrons. The van der Waals surface area contributed by atoms with Gasteiger partial charge in [0.15, 0.2) is 0 Å². The number of nitrogens with two attached hydrogens (primary N) is 1. The van der Waals surface area contributed by atoms with Gasteiger partial charge in [0.2, 0.25) is 0 Å². The van der Waals surface area contributed by atoms with Crippen molar-refractivity contribution in [1.29, 1.82) is 0 Å². The van der Waals surface area contributed by atoms with Crippen LogP contribution >= 0.6 is 15.9 Å². The molecule has 0 saturated carbocycles. The summed E-state index contributed by atoms with van der Waals surface area (Å²) in [7, 11) is 0. The zero-order valence-electron chi connectivity index (χ0n) is 10.4. The summed E-state index contributed by atoms with van der Waals surface area (Å²) in [5.41, 5.74) is 8.70. The topological polar surface area (TPSA) is 50.9 Å². The monoisotopic (exact) mass is 331 g/mol. The van der Waals surface area contributed by atoms with Crippen LogP contribution in [0, 0.1) is 5.82 Å². The molecule has 0 radical (unpaired) electrons. The van der Waals surface area contributed by atoms with Gasteiger partial charge in [-0.1, -0.05) is 18.2 Å². The number of hydrogen-bond acceptors (Lipinski definition) is 3. The highest BCUT2D eigenvalue weighted by Crippen LogP contribution is 2.31. The summed E-state index contributed by atoms with van der Waals surface area (Å²) >= 11 is 3.13. The van der Waals surface area contributed by atoms with Gasteiger partial charge in [0, 0.05) is 11.1 Å². The minimum absolute atomic E-state index is 0.327. The molecule has 0 atom stereocenters. The van der Waals surface area contributed by atoms with Crippen LogP contribution in [-0.2, 0) is 0 Å². The van der Waals surface area contributed by atoms with Crippen LogP contribution in [0.2, 0.25) is 0 Å². The van der Waals surface area contributed by atoms with Gasteiger partial charge in [-0.05, 0) is 40.2 Å². The summed E-state index contributed by atoms with van der Waals surface area (Å²) in [6.45, 7) is 0. The number of para-hydroxylation sites is 1. The molecule has 1 heterocycles. The van der Waals surface area contributed by atoms with E-state index in [-0.39, 0.29) is 5.82 Å². The van der Waals surface area contributed by atoms with Crippen LogP contribution in [0.3, 0.4) is 0 Å². The first-order chi connectivity index (χ1) is 9.65. The van der Waals surface area contributed by atoms with Crippen molar-refractivity contribution in [1.82, 2.24) is 4.98 Å². The molecule has 5 heteroatoms. The van der Waals surface area contributed by atoms with E-state index in [0.29, 0.717) is 15.8 Å².